The minimum atomic E-state index is -0.257. The summed E-state index contributed by atoms with van der Waals surface area (Å²) in [6.07, 6.45) is 16.6. The molecule has 19 rings (SSSR count). The Morgan fingerprint density at radius 3 is 1.50 bits per heavy atom. The highest BCUT2D eigenvalue weighted by atomic mass is 16.3. The van der Waals surface area contributed by atoms with Crippen LogP contribution in [0.5, 0.6) is 0 Å². The number of imidazole rings is 8. The first-order chi connectivity index (χ1) is 52.1. The standard InChI is InChI=1S/C22H23N5O2.C21H17N5O2.C20H17N7O2.C16H14N4O/c1-23-21(28)14-7-10-19-18(11-14)24-20(13-5-3-2-4-6-13)27(19)15-8-9-16-17(12-15)26-22(29)25-16;1-22-20(27)13-6-9-18-17(10-13)23-19(12-4-2-3-5-12)26(18)14-7-8-15-16(11-14)25-21(28)24-15;1-21-19(28)11-3-6-17-15(7-11)23-18(16-9-26(2)10-22-16)27(17)12-4-5-13-14(8-12)25-20(29)24-13;1-10-17-12-7-6-11(8-14(12)18-10)20-15-5-3-2-4-13(15)19-16(20)9-21/h7-13H,2-6H2,1H3,(H,23,28)(H2,25,26,29);2,4-11H,3H2,1H3,(H,22,27)(H2,24,25,28);3-10H,1-2H3,(H,21,28)(H2,24,25,29);2-8,17-18,21H,1,9H2. The lowest BCUT2D eigenvalue weighted by Gasteiger charge is -2.22. The summed E-state index contributed by atoms with van der Waals surface area (Å²) < 4.78 is 10.0. The number of allylic oxidation sites excluding steroid dienone is 4. The number of carbonyl (C=O) groups is 3. The van der Waals surface area contributed by atoms with Gasteiger partial charge in [0.25, 0.3) is 17.7 Å². The number of para-hydroxylation sites is 2. The Hall–Kier alpha value is -14.2. The highest BCUT2D eigenvalue weighted by Gasteiger charge is 2.26. The molecule has 534 valence electrons. The first-order valence-corrected chi connectivity index (χ1v) is 34.8. The Kier molecular flexibility index (Phi) is 17.6. The second-order valence-corrected chi connectivity index (χ2v) is 26.1. The lowest BCUT2D eigenvalue weighted by Crippen LogP contribution is -2.17. The highest BCUT2D eigenvalue weighted by molar-refractivity contribution is 6.00. The molecule has 3 aliphatic rings. The smallest absolute Gasteiger partial charge is 0.323 e. The van der Waals surface area contributed by atoms with Gasteiger partial charge in [-0.25, -0.2) is 39.3 Å². The molecule has 1 saturated carbocycles. The van der Waals surface area contributed by atoms with E-state index in [0.29, 0.717) is 51.0 Å². The predicted octanol–water partition coefficient (Wildman–Crippen LogP) is 11.3. The van der Waals surface area contributed by atoms with Gasteiger partial charge in [0.2, 0.25) is 0 Å². The van der Waals surface area contributed by atoms with Crippen molar-refractivity contribution in [2.24, 2.45) is 7.05 Å². The summed E-state index contributed by atoms with van der Waals surface area (Å²) in [4.78, 5) is 111. The monoisotopic (exact) mass is 1430 g/mol. The van der Waals surface area contributed by atoms with E-state index in [2.05, 4.69) is 94.3 Å². The van der Waals surface area contributed by atoms with Crippen molar-refractivity contribution < 1.29 is 19.5 Å². The fourth-order valence-electron chi connectivity index (χ4n) is 14.3. The van der Waals surface area contributed by atoms with E-state index in [1.807, 2.05) is 160 Å². The average molecular weight is 1430 g/mol. The summed E-state index contributed by atoms with van der Waals surface area (Å²) in [6.45, 7) is 3.76. The van der Waals surface area contributed by atoms with Crippen molar-refractivity contribution >= 4 is 112 Å². The van der Waals surface area contributed by atoms with E-state index in [1.54, 1.807) is 51.7 Å². The second-order valence-electron chi connectivity index (χ2n) is 26.1. The van der Waals surface area contributed by atoms with Gasteiger partial charge in [0, 0.05) is 85.3 Å². The number of amides is 3. The molecule has 0 radical (unpaired) electrons. The van der Waals surface area contributed by atoms with Crippen LogP contribution in [0.25, 0.3) is 117 Å². The number of hydrogen-bond acceptors (Lipinski definition) is 14. The van der Waals surface area contributed by atoms with Gasteiger partial charge in [-0.3, -0.25) is 32.7 Å². The van der Waals surface area contributed by atoms with E-state index < -0.39 is 0 Å². The van der Waals surface area contributed by atoms with Crippen LogP contribution in [0.3, 0.4) is 0 Å². The number of H-pyrrole nitrogens is 6. The molecule has 8 aromatic heterocycles. The Morgan fingerprint density at radius 2 is 0.981 bits per heavy atom. The zero-order valence-corrected chi connectivity index (χ0v) is 58.4. The van der Waals surface area contributed by atoms with Gasteiger partial charge in [-0.2, -0.15) is 0 Å². The van der Waals surface area contributed by atoms with Crippen LogP contribution in [0.15, 0.2) is 209 Å². The molecular weight excluding hydrogens is 1360 g/mol. The molecular formula is C79H71N21O7. The van der Waals surface area contributed by atoms with Gasteiger partial charge in [0.15, 0.2) is 5.82 Å². The SMILES string of the molecule is C=C1Nc2ccc(-n3c(CO)nc4ccccc43)cc2N1.CNC(=O)c1ccc2c(c1)nc(-c1cn(C)cn1)n2-c1ccc2[nH]c(=O)[nH]c2c1.CNC(=O)c1ccc2c(c1)nc(C1=CCC=C1)n2-c1ccc2[nH]c(=O)[nH]c2c1.CNC(=O)c1ccc2c(c1)nc(C1CCCCC1)n2-c1ccc2[nH]c(=O)[nH]c2c1. The van der Waals surface area contributed by atoms with Crippen molar-refractivity contribution in [3.63, 3.8) is 0 Å². The summed E-state index contributed by atoms with van der Waals surface area (Å²) in [7, 11) is 6.73. The predicted molar refractivity (Wildman–Crippen MR) is 414 cm³/mol. The fraction of sp³-hybridized carbons (Fsp3) is 0.152. The normalized spacial score (nSPS) is 13.3. The van der Waals surface area contributed by atoms with Gasteiger partial charge >= 0.3 is 17.1 Å². The van der Waals surface area contributed by atoms with E-state index in [-0.39, 0.29) is 41.4 Å². The molecule has 28 nitrogen and oxygen atoms in total. The Balaban J connectivity index is 0.000000110. The molecule has 12 N–H and O–H groups in total. The maximum absolute atomic E-state index is 12.1. The van der Waals surface area contributed by atoms with Crippen LogP contribution >= 0.6 is 0 Å². The van der Waals surface area contributed by atoms with Crippen LogP contribution in [0.4, 0.5) is 11.4 Å². The van der Waals surface area contributed by atoms with E-state index in [1.165, 1.54) is 19.3 Å². The number of aromatic nitrogens is 16. The van der Waals surface area contributed by atoms with Crippen LogP contribution < -0.4 is 43.7 Å². The number of nitrogens with zero attached hydrogens (tertiary/aromatic N) is 10. The molecule has 28 heteroatoms. The molecule has 2 aliphatic carbocycles. The molecule has 0 saturated heterocycles. The Bertz CT molecular complexity index is 6500. The van der Waals surface area contributed by atoms with Crippen LogP contribution in [-0.4, -0.2) is 122 Å². The Labute approximate surface area is 606 Å². The molecule has 107 heavy (non-hydrogen) atoms. The van der Waals surface area contributed by atoms with Crippen molar-refractivity contribution in [2.45, 2.75) is 51.0 Å². The number of nitrogens with one attached hydrogen (secondary N) is 11. The number of hydrogen-bond donors (Lipinski definition) is 12. The third kappa shape index (κ3) is 12.9. The molecule has 0 spiro atoms. The molecule has 1 aliphatic heterocycles. The zero-order valence-electron chi connectivity index (χ0n) is 58.4. The van der Waals surface area contributed by atoms with Crippen molar-refractivity contribution in [2.75, 3.05) is 31.8 Å². The minimum absolute atomic E-state index is 0.107. The summed E-state index contributed by atoms with van der Waals surface area (Å²) >= 11 is 0. The third-order valence-electron chi connectivity index (χ3n) is 19.3. The van der Waals surface area contributed by atoms with Crippen LogP contribution in [-0.2, 0) is 13.7 Å². The zero-order chi connectivity index (χ0) is 73.7. The van der Waals surface area contributed by atoms with E-state index in [9.17, 15) is 33.9 Å². The molecule has 8 aromatic carbocycles. The number of fused-ring (bicyclic) bond motifs is 8. The fourth-order valence-corrected chi connectivity index (χ4v) is 14.3. The molecule has 3 amide bonds. The van der Waals surface area contributed by atoms with Crippen molar-refractivity contribution in [1.29, 1.82) is 0 Å². The topological polar surface area (TPSA) is 367 Å². The van der Waals surface area contributed by atoms with Crippen LogP contribution in [0.2, 0.25) is 0 Å². The third-order valence-corrected chi connectivity index (χ3v) is 19.3. The molecule has 0 bridgehead atoms. The molecule has 9 heterocycles. The number of benzene rings is 8. The van der Waals surface area contributed by atoms with Crippen molar-refractivity contribution in [3.8, 4) is 34.3 Å². The second kappa shape index (κ2) is 27.9. The maximum Gasteiger partial charge on any atom is 0.323 e. The average Bonchev–Trinajstić information content (AvgIpc) is 1.63. The summed E-state index contributed by atoms with van der Waals surface area (Å²) in [5.74, 6) is 3.82. The summed E-state index contributed by atoms with van der Waals surface area (Å²) in [5.41, 5.74) is 19.5. The van der Waals surface area contributed by atoms with Gasteiger partial charge in [0.05, 0.1) is 94.9 Å². The van der Waals surface area contributed by atoms with Crippen LogP contribution in [0.1, 0.15) is 93.0 Å². The van der Waals surface area contributed by atoms with Crippen molar-refractivity contribution in [1.82, 2.24) is 93.6 Å². The van der Waals surface area contributed by atoms with E-state index in [0.717, 1.165) is 143 Å². The van der Waals surface area contributed by atoms with Crippen molar-refractivity contribution in [3.05, 3.63) is 260 Å². The first kappa shape index (κ1) is 67.3. The van der Waals surface area contributed by atoms with Gasteiger partial charge in [-0.1, -0.05) is 56.2 Å². The quantitative estimate of drug-likeness (QED) is 0.0573. The molecule has 0 unspecified atom stereocenters. The number of rotatable bonds is 11. The largest absolute Gasteiger partial charge is 0.388 e. The molecule has 1 fully saturated rings. The van der Waals surface area contributed by atoms with Gasteiger partial charge in [-0.15, -0.1) is 0 Å². The summed E-state index contributed by atoms with van der Waals surface area (Å²) in [5, 5.41) is 23.9. The highest BCUT2D eigenvalue weighted by Crippen LogP contribution is 2.38. The van der Waals surface area contributed by atoms with Gasteiger partial charge in [0.1, 0.15) is 35.6 Å². The Morgan fingerprint density at radius 1 is 0.505 bits per heavy atom. The number of aromatic amines is 6. The number of carbonyl (C=O) groups excluding carboxylic acids is 3. The lowest BCUT2D eigenvalue weighted by molar-refractivity contribution is 0.0955. The minimum Gasteiger partial charge on any atom is -0.388 e. The van der Waals surface area contributed by atoms with E-state index >= 15 is 0 Å². The van der Waals surface area contributed by atoms with Gasteiger partial charge < -0.3 is 66.2 Å². The molecule has 0 atom stereocenters. The maximum atomic E-state index is 12.1. The van der Waals surface area contributed by atoms with Gasteiger partial charge in [-0.05, 0) is 159 Å². The molecule has 16 aromatic rings. The number of anilines is 2. The number of aliphatic hydroxyl groups excluding tert-OH is 1. The van der Waals surface area contributed by atoms with E-state index in [4.69, 9.17) is 15.0 Å². The number of aryl methyl sites for hydroxylation is 1. The summed E-state index contributed by atoms with van der Waals surface area (Å²) in [6, 6.07) is 47.7. The number of aliphatic hydroxyl groups is 1. The first-order valence-electron chi connectivity index (χ1n) is 34.8. The lowest BCUT2D eigenvalue weighted by atomic mass is 9.88. The van der Waals surface area contributed by atoms with Crippen LogP contribution in [0, 0.1) is 0 Å².